The Bertz CT molecular complexity index is 1280. The Labute approximate surface area is 199 Å². The van der Waals surface area contributed by atoms with Gasteiger partial charge in [0, 0.05) is 53.9 Å². The van der Waals surface area contributed by atoms with Gasteiger partial charge < -0.3 is 14.6 Å². The minimum atomic E-state index is -0.147. The van der Waals surface area contributed by atoms with Crippen LogP contribution < -0.4 is 10.1 Å². The number of carbonyl (C=O) groups excluding carboxylic acids is 1. The Morgan fingerprint density at radius 2 is 1.94 bits per heavy atom. The molecule has 0 radical (unpaired) electrons. The van der Waals surface area contributed by atoms with E-state index in [9.17, 15) is 4.79 Å². The summed E-state index contributed by atoms with van der Waals surface area (Å²) in [7, 11) is 0. The normalized spacial score (nSPS) is 12.8. The number of aryl methyl sites for hydroxylation is 4. The molecule has 0 spiro atoms. The number of rotatable bonds is 6. The number of hydrogen-bond donors (Lipinski definition) is 1. The number of nitrogens with zero attached hydrogens (tertiary/aromatic N) is 3. The molecule has 4 aromatic rings. The van der Waals surface area contributed by atoms with E-state index in [0.717, 1.165) is 58.2 Å². The van der Waals surface area contributed by atoms with Crippen molar-refractivity contribution in [2.45, 2.75) is 46.3 Å². The highest BCUT2D eigenvalue weighted by Gasteiger charge is 2.15. The fourth-order valence-corrected chi connectivity index (χ4v) is 4.46. The molecule has 1 aliphatic heterocycles. The highest BCUT2D eigenvalue weighted by molar-refractivity contribution is 6.05. The highest BCUT2D eigenvalue weighted by atomic mass is 16.5. The van der Waals surface area contributed by atoms with Crippen LogP contribution in [0.15, 0.2) is 67.1 Å². The van der Waals surface area contributed by atoms with Crippen LogP contribution >= 0.6 is 0 Å². The smallest absolute Gasteiger partial charge is 0.255 e. The Kier molecular flexibility index (Phi) is 6.12. The first-order valence-corrected chi connectivity index (χ1v) is 11.7. The van der Waals surface area contributed by atoms with Gasteiger partial charge in [0.15, 0.2) is 0 Å². The number of pyridine rings is 1. The molecule has 0 saturated carbocycles. The zero-order chi connectivity index (χ0) is 23.5. The van der Waals surface area contributed by atoms with Crippen LogP contribution in [-0.2, 0) is 19.6 Å². The fraction of sp³-hybridized carbons (Fsp3) is 0.250. The molecular weight excluding hydrogens is 424 g/mol. The molecule has 1 aliphatic rings. The van der Waals surface area contributed by atoms with Gasteiger partial charge in [-0.2, -0.15) is 0 Å². The highest BCUT2D eigenvalue weighted by Crippen LogP contribution is 2.28. The maximum atomic E-state index is 13.0. The fourth-order valence-electron chi connectivity index (χ4n) is 4.46. The Balaban J connectivity index is 1.30. The average molecular weight is 453 g/mol. The number of fused-ring (bicyclic) bond motifs is 1. The molecule has 5 rings (SSSR count). The molecule has 0 fully saturated rings. The van der Waals surface area contributed by atoms with Crippen molar-refractivity contribution in [3.8, 4) is 17.0 Å². The first-order chi connectivity index (χ1) is 16.6. The molecule has 0 atom stereocenters. The monoisotopic (exact) mass is 452 g/mol. The van der Waals surface area contributed by atoms with Crippen molar-refractivity contribution in [2.24, 2.45) is 0 Å². The van der Waals surface area contributed by atoms with E-state index in [0.29, 0.717) is 12.2 Å². The maximum absolute atomic E-state index is 13.0. The number of amides is 1. The van der Waals surface area contributed by atoms with Crippen molar-refractivity contribution >= 4 is 11.6 Å². The van der Waals surface area contributed by atoms with Crippen LogP contribution in [-0.4, -0.2) is 20.4 Å². The molecule has 0 unspecified atom stereocenters. The summed E-state index contributed by atoms with van der Waals surface area (Å²) >= 11 is 0. The Morgan fingerprint density at radius 3 is 2.71 bits per heavy atom. The summed E-state index contributed by atoms with van der Waals surface area (Å²) < 4.78 is 8.27. The van der Waals surface area contributed by atoms with Gasteiger partial charge in [-0.05, 0) is 68.1 Å². The van der Waals surface area contributed by atoms with Gasteiger partial charge in [-0.1, -0.05) is 18.2 Å². The molecule has 1 amide bonds. The van der Waals surface area contributed by atoms with E-state index in [-0.39, 0.29) is 5.91 Å². The summed E-state index contributed by atoms with van der Waals surface area (Å²) in [6.45, 7) is 5.39. The van der Waals surface area contributed by atoms with Crippen LogP contribution in [0.5, 0.6) is 5.75 Å². The minimum Gasteiger partial charge on any atom is -0.488 e. The molecule has 0 saturated heterocycles. The van der Waals surface area contributed by atoms with Gasteiger partial charge >= 0.3 is 0 Å². The summed E-state index contributed by atoms with van der Waals surface area (Å²) in [6, 6.07) is 15.5. The van der Waals surface area contributed by atoms with Gasteiger partial charge in [-0.25, -0.2) is 4.98 Å². The van der Waals surface area contributed by atoms with Gasteiger partial charge in [-0.15, -0.1) is 0 Å². The van der Waals surface area contributed by atoms with Gasteiger partial charge in [-0.3, -0.25) is 9.78 Å². The second-order valence-corrected chi connectivity index (χ2v) is 8.82. The second-order valence-electron chi connectivity index (χ2n) is 8.82. The lowest BCUT2D eigenvalue weighted by Crippen LogP contribution is -2.13. The van der Waals surface area contributed by atoms with Crippen molar-refractivity contribution in [1.29, 1.82) is 0 Å². The second kappa shape index (κ2) is 9.51. The number of benzene rings is 2. The third-order valence-electron chi connectivity index (χ3n) is 6.15. The average Bonchev–Trinajstić information content (AvgIpc) is 3.29. The van der Waals surface area contributed by atoms with E-state index in [1.807, 2.05) is 62.4 Å². The standard InChI is InChI=1S/C28H28N4O2/c1-19-13-23(14-20(2)27(19)34-18-21-7-6-11-29-16-21)28(33)30-24-9-5-8-22(15-24)25-17-32-12-4-3-10-26(32)31-25/h5-9,11,13-17H,3-4,10,12,18H2,1-2H3,(H,30,33). The van der Waals surface area contributed by atoms with Crippen molar-refractivity contribution in [2.75, 3.05) is 5.32 Å². The predicted octanol–water partition coefficient (Wildman–Crippen LogP) is 5.73. The van der Waals surface area contributed by atoms with Crippen molar-refractivity contribution in [3.05, 3.63) is 95.2 Å². The molecule has 2 aromatic carbocycles. The molecule has 3 heterocycles. The minimum absolute atomic E-state index is 0.147. The molecule has 34 heavy (non-hydrogen) atoms. The molecule has 2 aromatic heterocycles. The Morgan fingerprint density at radius 1 is 1.09 bits per heavy atom. The summed E-state index contributed by atoms with van der Waals surface area (Å²) in [5.74, 6) is 1.80. The maximum Gasteiger partial charge on any atom is 0.255 e. The first kappa shape index (κ1) is 21.9. The van der Waals surface area contributed by atoms with Crippen LogP contribution in [0.25, 0.3) is 11.3 Å². The number of hydrogen-bond acceptors (Lipinski definition) is 4. The number of anilines is 1. The van der Waals surface area contributed by atoms with E-state index in [1.54, 1.807) is 12.4 Å². The third-order valence-corrected chi connectivity index (χ3v) is 6.15. The lowest BCUT2D eigenvalue weighted by Gasteiger charge is -2.14. The molecular formula is C28H28N4O2. The number of nitrogens with one attached hydrogen (secondary N) is 1. The molecule has 0 aliphatic carbocycles. The molecule has 6 nitrogen and oxygen atoms in total. The number of imidazole rings is 1. The lowest BCUT2D eigenvalue weighted by atomic mass is 10.0. The summed E-state index contributed by atoms with van der Waals surface area (Å²) in [5, 5.41) is 3.04. The quantitative estimate of drug-likeness (QED) is 0.406. The van der Waals surface area contributed by atoms with Gasteiger partial charge in [0.05, 0.1) is 5.69 Å². The molecule has 6 heteroatoms. The van der Waals surface area contributed by atoms with Gasteiger partial charge in [0.2, 0.25) is 0 Å². The van der Waals surface area contributed by atoms with E-state index < -0.39 is 0 Å². The zero-order valence-electron chi connectivity index (χ0n) is 19.5. The van der Waals surface area contributed by atoms with Gasteiger partial charge in [0.25, 0.3) is 5.91 Å². The van der Waals surface area contributed by atoms with Crippen LogP contribution in [0.1, 0.15) is 45.7 Å². The lowest BCUT2D eigenvalue weighted by molar-refractivity contribution is 0.102. The van der Waals surface area contributed by atoms with E-state index in [4.69, 9.17) is 9.72 Å². The van der Waals surface area contributed by atoms with Crippen LogP contribution in [0.3, 0.4) is 0 Å². The number of aromatic nitrogens is 3. The SMILES string of the molecule is Cc1cc(C(=O)Nc2cccc(-c3cn4c(n3)CCCC4)c2)cc(C)c1OCc1cccnc1. The van der Waals surface area contributed by atoms with Crippen LogP contribution in [0, 0.1) is 13.8 Å². The van der Waals surface area contributed by atoms with Crippen molar-refractivity contribution < 1.29 is 9.53 Å². The predicted molar refractivity (Wildman–Crippen MR) is 133 cm³/mol. The van der Waals surface area contributed by atoms with Crippen molar-refractivity contribution in [1.82, 2.24) is 14.5 Å². The summed E-state index contributed by atoms with van der Waals surface area (Å²) in [6.07, 6.45) is 9.07. The first-order valence-electron chi connectivity index (χ1n) is 11.7. The molecule has 172 valence electrons. The zero-order valence-corrected chi connectivity index (χ0v) is 19.5. The largest absolute Gasteiger partial charge is 0.488 e. The number of ether oxygens (including phenoxy) is 1. The van der Waals surface area contributed by atoms with E-state index in [2.05, 4.69) is 21.1 Å². The van der Waals surface area contributed by atoms with E-state index in [1.165, 1.54) is 12.8 Å². The molecule has 0 bridgehead atoms. The summed E-state index contributed by atoms with van der Waals surface area (Å²) in [4.78, 5) is 22.0. The van der Waals surface area contributed by atoms with E-state index >= 15 is 0 Å². The third kappa shape index (κ3) is 4.71. The van der Waals surface area contributed by atoms with Crippen molar-refractivity contribution in [3.63, 3.8) is 0 Å². The molecule has 1 N–H and O–H groups in total. The Hall–Kier alpha value is -3.93. The topological polar surface area (TPSA) is 69.0 Å². The summed E-state index contributed by atoms with van der Waals surface area (Å²) in [5.41, 5.74) is 6.16. The van der Waals surface area contributed by atoms with Gasteiger partial charge in [0.1, 0.15) is 18.2 Å². The van der Waals surface area contributed by atoms with Crippen LogP contribution in [0.4, 0.5) is 5.69 Å². The van der Waals surface area contributed by atoms with Crippen LogP contribution in [0.2, 0.25) is 0 Å². The number of carbonyl (C=O) groups is 1.